The lowest BCUT2D eigenvalue weighted by Crippen LogP contribution is -2.39. The number of anilines is 1. The molecule has 0 unspecified atom stereocenters. The highest BCUT2D eigenvalue weighted by Gasteiger charge is 2.10. The number of carbonyl (C=O) groups is 2. The number of hydrogen-bond donors (Lipinski definition) is 4. The summed E-state index contributed by atoms with van der Waals surface area (Å²) in [6, 6.07) is 10.2. The highest BCUT2D eigenvalue weighted by Crippen LogP contribution is 2.10. The molecule has 0 saturated carbocycles. The van der Waals surface area contributed by atoms with Gasteiger partial charge in [0.2, 0.25) is 5.91 Å². The predicted molar refractivity (Wildman–Crippen MR) is 111 cm³/mol. The third-order valence-corrected chi connectivity index (χ3v) is 3.63. The molecule has 0 bridgehead atoms. The summed E-state index contributed by atoms with van der Waals surface area (Å²) in [6.07, 6.45) is 3.94. The molecule has 2 rings (SSSR count). The summed E-state index contributed by atoms with van der Waals surface area (Å²) in [7, 11) is 0. The zero-order chi connectivity index (χ0) is 18.1. The highest BCUT2D eigenvalue weighted by atomic mass is 35.5. The van der Waals surface area contributed by atoms with Gasteiger partial charge in [0.05, 0.1) is 6.04 Å². The lowest BCUT2D eigenvalue weighted by molar-refractivity contribution is -0.122. The van der Waals surface area contributed by atoms with Crippen molar-refractivity contribution in [3.63, 3.8) is 0 Å². The summed E-state index contributed by atoms with van der Waals surface area (Å²) in [4.78, 5) is 27.6. The van der Waals surface area contributed by atoms with Crippen LogP contribution in [0.4, 0.5) is 10.5 Å². The van der Waals surface area contributed by atoms with Crippen LogP contribution in [0.2, 0.25) is 0 Å². The van der Waals surface area contributed by atoms with E-state index < -0.39 is 6.04 Å². The van der Waals surface area contributed by atoms with Gasteiger partial charge >= 0.3 is 6.03 Å². The van der Waals surface area contributed by atoms with E-state index in [1.54, 1.807) is 18.5 Å². The first kappa shape index (κ1) is 24.7. The maximum absolute atomic E-state index is 12.0. The number of aromatic nitrogens is 1. The van der Waals surface area contributed by atoms with Crippen molar-refractivity contribution >= 4 is 42.4 Å². The summed E-state index contributed by atoms with van der Waals surface area (Å²) < 4.78 is 0. The number of nitrogens with zero attached hydrogens (tertiary/aromatic N) is 1. The Bertz CT molecular complexity index is 716. The molecule has 0 radical (unpaired) electrons. The molecular weight excluding hydrogens is 389 g/mol. The average Bonchev–Trinajstić information content (AvgIpc) is 2.65. The smallest absolute Gasteiger partial charge is 0.319 e. The van der Waals surface area contributed by atoms with Gasteiger partial charge in [0, 0.05) is 31.2 Å². The second kappa shape index (κ2) is 12.9. The van der Waals surface area contributed by atoms with E-state index in [0.717, 1.165) is 11.1 Å². The fourth-order valence-electron chi connectivity index (χ4n) is 2.12. The molecular formula is C18H25Cl2N5O2. The first-order valence-electron chi connectivity index (χ1n) is 8.14. The fourth-order valence-corrected chi connectivity index (χ4v) is 2.12. The van der Waals surface area contributed by atoms with Crippen LogP contribution >= 0.6 is 24.8 Å². The van der Waals surface area contributed by atoms with E-state index in [2.05, 4.69) is 20.9 Å². The van der Waals surface area contributed by atoms with Crippen LogP contribution < -0.4 is 21.7 Å². The minimum Gasteiger partial charge on any atom is -0.351 e. The van der Waals surface area contributed by atoms with E-state index in [9.17, 15) is 9.59 Å². The molecule has 1 aromatic heterocycles. The maximum atomic E-state index is 12.0. The molecule has 2 aromatic rings. The first-order chi connectivity index (χ1) is 12.1. The molecule has 7 nitrogen and oxygen atoms in total. The molecule has 0 aliphatic rings. The number of urea groups is 1. The minimum atomic E-state index is -0.500. The second-order valence-corrected chi connectivity index (χ2v) is 5.60. The van der Waals surface area contributed by atoms with E-state index in [0.29, 0.717) is 25.2 Å². The number of halogens is 2. The number of rotatable bonds is 7. The van der Waals surface area contributed by atoms with Crippen molar-refractivity contribution in [1.82, 2.24) is 15.6 Å². The van der Waals surface area contributed by atoms with Crippen molar-refractivity contribution in [2.24, 2.45) is 5.73 Å². The van der Waals surface area contributed by atoms with Crippen molar-refractivity contribution in [3.8, 4) is 0 Å². The lowest BCUT2D eigenvalue weighted by atomic mass is 10.2. The molecule has 9 heteroatoms. The van der Waals surface area contributed by atoms with Crippen LogP contribution in [0.1, 0.15) is 24.5 Å². The summed E-state index contributed by atoms with van der Waals surface area (Å²) in [5.41, 5.74) is 8.17. The van der Waals surface area contributed by atoms with Gasteiger partial charge in [0.25, 0.3) is 0 Å². The van der Waals surface area contributed by atoms with E-state index >= 15 is 0 Å². The molecule has 0 spiro atoms. The Labute approximate surface area is 171 Å². The van der Waals surface area contributed by atoms with Crippen LogP contribution in [0, 0.1) is 0 Å². The van der Waals surface area contributed by atoms with Crippen molar-refractivity contribution in [3.05, 3.63) is 59.9 Å². The van der Waals surface area contributed by atoms with E-state index in [4.69, 9.17) is 5.73 Å². The molecule has 0 fully saturated rings. The number of amides is 3. The molecule has 148 valence electrons. The van der Waals surface area contributed by atoms with Crippen LogP contribution in [0.3, 0.4) is 0 Å². The van der Waals surface area contributed by atoms with Gasteiger partial charge in [0.15, 0.2) is 0 Å². The fraction of sp³-hybridized carbons (Fsp3) is 0.278. The second-order valence-electron chi connectivity index (χ2n) is 5.60. The molecule has 3 amide bonds. The van der Waals surface area contributed by atoms with Crippen molar-refractivity contribution < 1.29 is 9.59 Å². The number of nitrogens with two attached hydrogens (primary N) is 1. The third-order valence-electron chi connectivity index (χ3n) is 3.63. The summed E-state index contributed by atoms with van der Waals surface area (Å²) in [5.74, 6) is -0.184. The molecule has 0 aliphatic carbocycles. The quantitative estimate of drug-likeness (QED) is 0.558. The lowest BCUT2D eigenvalue weighted by Gasteiger charge is -2.11. The van der Waals surface area contributed by atoms with Crippen LogP contribution in [0.5, 0.6) is 0 Å². The molecule has 0 aliphatic heterocycles. The van der Waals surface area contributed by atoms with Crippen LogP contribution in [-0.4, -0.2) is 23.0 Å². The first-order valence-corrected chi connectivity index (χ1v) is 8.14. The van der Waals surface area contributed by atoms with Gasteiger partial charge in [-0.15, -0.1) is 24.8 Å². The molecule has 5 N–H and O–H groups in total. The molecule has 1 atom stereocenters. The van der Waals surface area contributed by atoms with Gasteiger partial charge in [-0.2, -0.15) is 0 Å². The predicted octanol–water partition coefficient (Wildman–Crippen LogP) is 2.60. The number of nitrogens with one attached hydrogen (secondary N) is 3. The summed E-state index contributed by atoms with van der Waals surface area (Å²) in [6.45, 7) is 2.64. The molecule has 1 heterocycles. The zero-order valence-corrected chi connectivity index (χ0v) is 16.6. The van der Waals surface area contributed by atoms with E-state index in [-0.39, 0.29) is 36.8 Å². The summed E-state index contributed by atoms with van der Waals surface area (Å²) >= 11 is 0. The van der Waals surface area contributed by atoms with Gasteiger partial charge in [-0.1, -0.05) is 19.1 Å². The number of carbonyl (C=O) groups excluding carboxylic acids is 2. The normalized spacial score (nSPS) is 10.6. The SMILES string of the molecule is CC[C@H](N)C(=O)NCc1cccc(NC(=O)NCc2ccncc2)c1.Cl.Cl. The van der Waals surface area contributed by atoms with Gasteiger partial charge in [-0.05, 0) is 41.8 Å². The molecule has 0 saturated heterocycles. The Morgan fingerprint density at radius 2 is 1.70 bits per heavy atom. The van der Waals surface area contributed by atoms with Crippen molar-refractivity contribution in [2.45, 2.75) is 32.5 Å². The number of pyridine rings is 1. The van der Waals surface area contributed by atoms with Crippen LogP contribution in [0.15, 0.2) is 48.8 Å². The summed E-state index contributed by atoms with van der Waals surface area (Å²) in [5, 5.41) is 8.33. The topological polar surface area (TPSA) is 109 Å². The van der Waals surface area contributed by atoms with Gasteiger partial charge in [-0.25, -0.2) is 4.79 Å². The number of benzene rings is 1. The van der Waals surface area contributed by atoms with Gasteiger partial charge in [-0.3, -0.25) is 9.78 Å². The Morgan fingerprint density at radius 1 is 1.04 bits per heavy atom. The number of hydrogen-bond acceptors (Lipinski definition) is 4. The maximum Gasteiger partial charge on any atom is 0.319 e. The molecule has 1 aromatic carbocycles. The van der Waals surface area contributed by atoms with E-state index in [1.165, 1.54) is 0 Å². The Morgan fingerprint density at radius 3 is 2.37 bits per heavy atom. The van der Waals surface area contributed by atoms with Crippen LogP contribution in [-0.2, 0) is 17.9 Å². The Balaban J connectivity index is 0.00000338. The highest BCUT2D eigenvalue weighted by molar-refractivity contribution is 5.89. The Kier molecular flexibility index (Phi) is 11.8. The van der Waals surface area contributed by atoms with Gasteiger partial charge < -0.3 is 21.7 Å². The van der Waals surface area contributed by atoms with Crippen LogP contribution in [0.25, 0.3) is 0 Å². The van der Waals surface area contributed by atoms with Gasteiger partial charge in [0.1, 0.15) is 0 Å². The monoisotopic (exact) mass is 413 g/mol. The van der Waals surface area contributed by atoms with Crippen molar-refractivity contribution in [2.75, 3.05) is 5.32 Å². The molecule has 27 heavy (non-hydrogen) atoms. The van der Waals surface area contributed by atoms with E-state index in [1.807, 2.05) is 37.3 Å². The average molecular weight is 414 g/mol. The Hall–Kier alpha value is -2.35. The standard InChI is InChI=1S/C18H23N5O2.2ClH/c1-2-16(19)17(24)21-12-14-4-3-5-15(10-14)23-18(25)22-11-13-6-8-20-9-7-13;;/h3-10,16H,2,11-12,19H2,1H3,(H,21,24)(H2,22,23,25);2*1H/t16-;;/m0../s1. The third kappa shape index (κ3) is 8.72. The van der Waals surface area contributed by atoms with Crippen molar-refractivity contribution in [1.29, 1.82) is 0 Å². The largest absolute Gasteiger partial charge is 0.351 e. The zero-order valence-electron chi connectivity index (χ0n) is 15.0. The minimum absolute atomic E-state index is 0.